The standard InChI is InChI=1S/C19H24O/c1-13(20)6-14-2-4-18(5-3-14)19-10-15-7-16(11-19)9-17(8-15)12-19/h2-5,15-17H,6-12H2,1H3. The lowest BCUT2D eigenvalue weighted by Crippen LogP contribution is -2.48. The Morgan fingerprint density at radius 2 is 1.50 bits per heavy atom. The molecule has 1 aromatic rings. The third-order valence-electron chi connectivity index (χ3n) is 6.06. The summed E-state index contributed by atoms with van der Waals surface area (Å²) in [4.78, 5) is 11.2. The molecule has 4 aliphatic rings. The molecule has 4 fully saturated rings. The Bertz CT molecular complexity index is 490. The fourth-order valence-electron chi connectivity index (χ4n) is 5.73. The van der Waals surface area contributed by atoms with Crippen molar-refractivity contribution in [1.29, 1.82) is 0 Å². The van der Waals surface area contributed by atoms with E-state index >= 15 is 0 Å². The van der Waals surface area contributed by atoms with Gasteiger partial charge in [0.2, 0.25) is 0 Å². The number of hydrogen-bond donors (Lipinski definition) is 0. The minimum absolute atomic E-state index is 0.257. The molecule has 1 nitrogen and oxygen atoms in total. The summed E-state index contributed by atoms with van der Waals surface area (Å²) in [6.45, 7) is 1.67. The van der Waals surface area contributed by atoms with E-state index in [0.717, 1.165) is 17.8 Å². The molecule has 4 bridgehead atoms. The number of hydrogen-bond acceptors (Lipinski definition) is 1. The fourth-order valence-corrected chi connectivity index (χ4v) is 5.73. The summed E-state index contributed by atoms with van der Waals surface area (Å²) in [6, 6.07) is 9.03. The van der Waals surface area contributed by atoms with Crippen LogP contribution in [0.2, 0.25) is 0 Å². The van der Waals surface area contributed by atoms with Crippen molar-refractivity contribution in [1.82, 2.24) is 0 Å². The SMILES string of the molecule is CC(=O)Cc1ccc(C23CC4CC(CC(C4)C2)C3)cc1. The predicted octanol–water partition coefficient (Wildman–Crippen LogP) is 4.29. The highest BCUT2D eigenvalue weighted by molar-refractivity contribution is 5.78. The van der Waals surface area contributed by atoms with E-state index in [1.807, 2.05) is 0 Å². The molecular weight excluding hydrogens is 244 g/mol. The molecule has 0 spiro atoms. The van der Waals surface area contributed by atoms with Gasteiger partial charge in [0.1, 0.15) is 5.78 Å². The van der Waals surface area contributed by atoms with Crippen molar-refractivity contribution in [2.45, 2.75) is 57.3 Å². The van der Waals surface area contributed by atoms with Gasteiger partial charge in [-0.1, -0.05) is 24.3 Å². The van der Waals surface area contributed by atoms with Crippen LogP contribution < -0.4 is 0 Å². The highest BCUT2D eigenvalue weighted by Crippen LogP contribution is 2.60. The zero-order valence-electron chi connectivity index (χ0n) is 12.4. The fraction of sp³-hybridized carbons (Fsp3) is 0.632. The number of carbonyl (C=O) groups excluding carboxylic acids is 1. The van der Waals surface area contributed by atoms with Gasteiger partial charge in [0.05, 0.1) is 0 Å². The molecule has 0 saturated heterocycles. The topological polar surface area (TPSA) is 17.1 Å². The van der Waals surface area contributed by atoms with Crippen LogP contribution in [0.1, 0.15) is 56.6 Å². The van der Waals surface area contributed by atoms with Crippen molar-refractivity contribution in [2.75, 3.05) is 0 Å². The van der Waals surface area contributed by atoms with Crippen LogP contribution in [0.4, 0.5) is 0 Å². The molecule has 0 aliphatic heterocycles. The van der Waals surface area contributed by atoms with E-state index in [-0.39, 0.29) is 5.78 Å². The van der Waals surface area contributed by atoms with Crippen molar-refractivity contribution in [2.24, 2.45) is 17.8 Å². The van der Waals surface area contributed by atoms with Gasteiger partial charge in [0.25, 0.3) is 0 Å². The molecule has 0 N–H and O–H groups in total. The summed E-state index contributed by atoms with van der Waals surface area (Å²) in [5.74, 6) is 3.25. The van der Waals surface area contributed by atoms with E-state index in [4.69, 9.17) is 0 Å². The zero-order chi connectivity index (χ0) is 13.7. The van der Waals surface area contributed by atoms with Crippen LogP contribution in [-0.4, -0.2) is 5.78 Å². The average Bonchev–Trinajstić information content (AvgIpc) is 2.37. The molecule has 5 rings (SSSR count). The second-order valence-electron chi connectivity index (χ2n) is 7.77. The third kappa shape index (κ3) is 2.03. The van der Waals surface area contributed by atoms with Crippen molar-refractivity contribution < 1.29 is 4.79 Å². The van der Waals surface area contributed by atoms with Crippen molar-refractivity contribution >= 4 is 5.78 Å². The van der Waals surface area contributed by atoms with E-state index in [9.17, 15) is 4.79 Å². The van der Waals surface area contributed by atoms with Crippen LogP contribution in [0, 0.1) is 17.8 Å². The maximum absolute atomic E-state index is 11.2. The number of ketones is 1. The van der Waals surface area contributed by atoms with Crippen LogP contribution in [0.3, 0.4) is 0 Å². The first kappa shape index (κ1) is 12.6. The quantitative estimate of drug-likeness (QED) is 0.799. The largest absolute Gasteiger partial charge is 0.300 e. The zero-order valence-corrected chi connectivity index (χ0v) is 12.4. The monoisotopic (exact) mass is 268 g/mol. The van der Waals surface area contributed by atoms with Gasteiger partial charge < -0.3 is 0 Å². The molecule has 0 atom stereocenters. The van der Waals surface area contributed by atoms with E-state index in [0.29, 0.717) is 11.8 Å². The van der Waals surface area contributed by atoms with Gasteiger partial charge >= 0.3 is 0 Å². The first-order valence-corrected chi connectivity index (χ1v) is 8.22. The summed E-state index contributed by atoms with van der Waals surface area (Å²) >= 11 is 0. The molecule has 4 aliphatic carbocycles. The van der Waals surface area contributed by atoms with E-state index in [1.165, 1.54) is 44.1 Å². The maximum Gasteiger partial charge on any atom is 0.134 e. The van der Waals surface area contributed by atoms with E-state index < -0.39 is 0 Å². The number of benzene rings is 1. The van der Waals surface area contributed by atoms with Gasteiger partial charge in [-0.05, 0) is 79.7 Å². The highest BCUT2D eigenvalue weighted by atomic mass is 16.1. The van der Waals surface area contributed by atoms with Crippen LogP contribution in [0.25, 0.3) is 0 Å². The molecule has 0 radical (unpaired) electrons. The van der Waals surface area contributed by atoms with Crippen LogP contribution in [0.5, 0.6) is 0 Å². The maximum atomic E-state index is 11.2. The van der Waals surface area contributed by atoms with Crippen LogP contribution in [-0.2, 0) is 16.6 Å². The Hall–Kier alpha value is -1.11. The third-order valence-corrected chi connectivity index (χ3v) is 6.06. The van der Waals surface area contributed by atoms with Crippen LogP contribution >= 0.6 is 0 Å². The summed E-state index contributed by atoms with van der Waals surface area (Å²) < 4.78 is 0. The summed E-state index contributed by atoms with van der Waals surface area (Å²) in [7, 11) is 0. The average molecular weight is 268 g/mol. The van der Waals surface area contributed by atoms with Crippen LogP contribution in [0.15, 0.2) is 24.3 Å². The lowest BCUT2D eigenvalue weighted by Gasteiger charge is -2.57. The molecule has 0 amide bonds. The van der Waals surface area contributed by atoms with Gasteiger partial charge in [-0.15, -0.1) is 0 Å². The Morgan fingerprint density at radius 3 is 1.95 bits per heavy atom. The number of Topliss-reactive ketones (excluding diaryl/α,β-unsaturated/α-hetero) is 1. The molecule has 0 unspecified atom stereocenters. The second-order valence-corrected chi connectivity index (χ2v) is 7.77. The molecular formula is C19H24O. The molecule has 20 heavy (non-hydrogen) atoms. The molecule has 0 aromatic heterocycles. The molecule has 4 saturated carbocycles. The Kier molecular flexibility index (Phi) is 2.80. The van der Waals surface area contributed by atoms with E-state index in [2.05, 4.69) is 24.3 Å². The van der Waals surface area contributed by atoms with Crippen molar-refractivity contribution in [3.8, 4) is 0 Å². The lowest BCUT2D eigenvalue weighted by molar-refractivity contribution is -0.116. The van der Waals surface area contributed by atoms with Gasteiger partial charge in [0.15, 0.2) is 0 Å². The van der Waals surface area contributed by atoms with Crippen molar-refractivity contribution in [3.05, 3.63) is 35.4 Å². The Balaban J connectivity index is 1.62. The first-order valence-electron chi connectivity index (χ1n) is 8.22. The molecule has 1 aromatic carbocycles. The normalized spacial score (nSPS) is 38.1. The first-order chi connectivity index (χ1) is 9.63. The minimum atomic E-state index is 0.257. The Morgan fingerprint density at radius 1 is 1.00 bits per heavy atom. The predicted molar refractivity (Wildman–Crippen MR) is 80.7 cm³/mol. The summed E-state index contributed by atoms with van der Waals surface area (Å²) in [5.41, 5.74) is 3.22. The van der Waals surface area contributed by atoms with Gasteiger partial charge in [-0.3, -0.25) is 4.79 Å². The van der Waals surface area contributed by atoms with Gasteiger partial charge in [-0.2, -0.15) is 0 Å². The van der Waals surface area contributed by atoms with Crippen molar-refractivity contribution in [3.63, 3.8) is 0 Å². The molecule has 1 heteroatoms. The van der Waals surface area contributed by atoms with Gasteiger partial charge in [0, 0.05) is 6.42 Å². The van der Waals surface area contributed by atoms with E-state index in [1.54, 1.807) is 12.5 Å². The highest BCUT2D eigenvalue weighted by Gasteiger charge is 2.51. The second kappa shape index (κ2) is 4.44. The molecule has 0 heterocycles. The lowest BCUT2D eigenvalue weighted by atomic mass is 9.48. The summed E-state index contributed by atoms with van der Waals surface area (Å²) in [6.07, 6.45) is 9.35. The van der Waals surface area contributed by atoms with Gasteiger partial charge in [-0.25, -0.2) is 0 Å². The number of rotatable bonds is 3. The number of carbonyl (C=O) groups is 1. The Labute approximate surface area is 121 Å². The summed E-state index contributed by atoms with van der Waals surface area (Å²) in [5, 5.41) is 0. The molecule has 106 valence electrons. The minimum Gasteiger partial charge on any atom is -0.300 e. The smallest absolute Gasteiger partial charge is 0.134 e.